The number of amides is 1. The number of nitrogens with one attached hydrogen (secondary N) is 1. The number of aryl methyl sites for hydroxylation is 1. The number of morpholine rings is 1. The van der Waals surface area contributed by atoms with E-state index < -0.39 is 0 Å². The Morgan fingerprint density at radius 1 is 1.68 bits per heavy atom. The van der Waals surface area contributed by atoms with Gasteiger partial charge in [-0.25, -0.2) is 4.98 Å². The van der Waals surface area contributed by atoms with E-state index in [1.54, 1.807) is 6.20 Å². The fourth-order valence-electron chi connectivity index (χ4n) is 2.10. The van der Waals surface area contributed by atoms with Crippen LogP contribution in [0.25, 0.3) is 0 Å². The van der Waals surface area contributed by atoms with Crippen molar-refractivity contribution in [1.82, 2.24) is 15.3 Å². The highest BCUT2D eigenvalue weighted by Gasteiger charge is 2.31. The van der Waals surface area contributed by atoms with Gasteiger partial charge in [0.1, 0.15) is 11.9 Å². The lowest BCUT2D eigenvalue weighted by molar-refractivity contribution is -0.124. The van der Waals surface area contributed by atoms with Crippen molar-refractivity contribution in [1.29, 1.82) is 0 Å². The topological polar surface area (TPSA) is 93.4 Å². The molecule has 0 aromatic carbocycles. The monoisotopic (exact) mass is 265 g/mol. The van der Waals surface area contributed by atoms with Gasteiger partial charge in [0, 0.05) is 24.8 Å². The second-order valence-electron chi connectivity index (χ2n) is 4.41. The second kappa shape index (κ2) is 5.83. The first-order chi connectivity index (χ1) is 9.13. The molecule has 7 nitrogen and oxygen atoms in total. The zero-order chi connectivity index (χ0) is 13.8. The number of ether oxygens (including phenoxy) is 1. The lowest BCUT2D eigenvalue weighted by Gasteiger charge is -2.36. The third kappa shape index (κ3) is 2.93. The van der Waals surface area contributed by atoms with Crippen LogP contribution < -0.4 is 16.0 Å². The average molecular weight is 265 g/mol. The van der Waals surface area contributed by atoms with E-state index in [0.29, 0.717) is 32.1 Å². The minimum absolute atomic E-state index is 0.0567. The van der Waals surface area contributed by atoms with Crippen LogP contribution in [0.2, 0.25) is 0 Å². The number of nitrogens with zero attached hydrogens (tertiary/aromatic N) is 3. The van der Waals surface area contributed by atoms with Crippen LogP contribution in [-0.2, 0) is 9.53 Å². The van der Waals surface area contributed by atoms with Crippen molar-refractivity contribution in [3.63, 3.8) is 0 Å². The number of carbonyl (C=O) groups is 1. The first kappa shape index (κ1) is 13.5. The van der Waals surface area contributed by atoms with Crippen LogP contribution in [0.1, 0.15) is 12.5 Å². The Bertz CT molecular complexity index is 465. The van der Waals surface area contributed by atoms with Gasteiger partial charge in [0.25, 0.3) is 0 Å². The Kier molecular flexibility index (Phi) is 4.16. The Balaban J connectivity index is 2.28. The summed E-state index contributed by atoms with van der Waals surface area (Å²) in [5.74, 6) is 0.854. The van der Waals surface area contributed by atoms with Crippen LogP contribution in [0.5, 0.6) is 0 Å². The largest absolute Gasteiger partial charge is 0.377 e. The molecule has 1 unspecified atom stereocenters. The predicted octanol–water partition coefficient (Wildman–Crippen LogP) is -0.291. The molecule has 0 aliphatic carbocycles. The van der Waals surface area contributed by atoms with E-state index >= 15 is 0 Å². The summed E-state index contributed by atoms with van der Waals surface area (Å²) >= 11 is 0. The molecular weight excluding hydrogens is 246 g/mol. The highest BCUT2D eigenvalue weighted by molar-refractivity contribution is 5.85. The van der Waals surface area contributed by atoms with Gasteiger partial charge in [0.2, 0.25) is 11.9 Å². The molecule has 0 spiro atoms. The number of anilines is 2. The summed E-state index contributed by atoms with van der Waals surface area (Å²) in [5.41, 5.74) is 6.53. The number of hydrogen-bond donors (Lipinski definition) is 2. The normalized spacial score (nSPS) is 19.3. The minimum Gasteiger partial charge on any atom is -0.377 e. The van der Waals surface area contributed by atoms with Gasteiger partial charge in [-0.15, -0.1) is 0 Å². The van der Waals surface area contributed by atoms with Crippen LogP contribution in [0.4, 0.5) is 11.8 Å². The molecule has 1 amide bonds. The quantitative estimate of drug-likeness (QED) is 0.780. The zero-order valence-electron chi connectivity index (χ0n) is 11.2. The summed E-state index contributed by atoms with van der Waals surface area (Å²) < 4.78 is 5.39. The van der Waals surface area contributed by atoms with Crippen molar-refractivity contribution in [2.75, 3.05) is 36.9 Å². The average Bonchev–Trinajstić information content (AvgIpc) is 2.42. The van der Waals surface area contributed by atoms with Gasteiger partial charge in [-0.1, -0.05) is 0 Å². The van der Waals surface area contributed by atoms with E-state index in [4.69, 9.17) is 10.5 Å². The van der Waals surface area contributed by atoms with Gasteiger partial charge in [-0.05, 0) is 13.8 Å². The van der Waals surface area contributed by atoms with Crippen molar-refractivity contribution in [3.8, 4) is 0 Å². The third-order valence-corrected chi connectivity index (χ3v) is 3.02. The Labute approximate surface area is 112 Å². The SMILES string of the molecule is CCNC(=O)C1COCCN1c1nc(N)ncc1C. The molecule has 1 fully saturated rings. The Hall–Kier alpha value is -1.89. The van der Waals surface area contributed by atoms with Crippen molar-refractivity contribution in [3.05, 3.63) is 11.8 Å². The first-order valence-electron chi connectivity index (χ1n) is 6.34. The van der Waals surface area contributed by atoms with Crippen molar-refractivity contribution < 1.29 is 9.53 Å². The third-order valence-electron chi connectivity index (χ3n) is 3.02. The molecule has 19 heavy (non-hydrogen) atoms. The summed E-state index contributed by atoms with van der Waals surface area (Å²) in [4.78, 5) is 22.2. The molecule has 7 heteroatoms. The van der Waals surface area contributed by atoms with E-state index in [2.05, 4.69) is 15.3 Å². The van der Waals surface area contributed by atoms with Gasteiger partial charge >= 0.3 is 0 Å². The lowest BCUT2D eigenvalue weighted by atomic mass is 10.2. The summed E-state index contributed by atoms with van der Waals surface area (Å²) in [6, 6.07) is -0.373. The zero-order valence-corrected chi connectivity index (χ0v) is 11.2. The summed E-state index contributed by atoms with van der Waals surface area (Å²) in [5, 5.41) is 2.81. The predicted molar refractivity (Wildman–Crippen MR) is 71.8 cm³/mol. The summed E-state index contributed by atoms with van der Waals surface area (Å²) in [6.45, 7) is 5.92. The molecule has 1 saturated heterocycles. The van der Waals surface area contributed by atoms with Crippen LogP contribution in [0, 0.1) is 6.92 Å². The standard InChI is InChI=1S/C12H19N5O2/c1-3-14-11(18)9-7-19-5-4-17(9)10-8(2)6-15-12(13)16-10/h6,9H,3-5,7H2,1-2H3,(H,14,18)(H2,13,15,16). The molecule has 104 valence electrons. The Morgan fingerprint density at radius 2 is 2.47 bits per heavy atom. The summed E-state index contributed by atoms with van der Waals surface area (Å²) in [6.07, 6.45) is 1.67. The number of hydrogen-bond acceptors (Lipinski definition) is 6. The fourth-order valence-corrected chi connectivity index (χ4v) is 2.10. The number of aromatic nitrogens is 2. The molecule has 0 bridgehead atoms. The second-order valence-corrected chi connectivity index (χ2v) is 4.41. The van der Waals surface area contributed by atoms with Gasteiger partial charge in [-0.2, -0.15) is 4.98 Å². The van der Waals surface area contributed by atoms with Gasteiger partial charge in [0.15, 0.2) is 0 Å². The van der Waals surface area contributed by atoms with Crippen LogP contribution in [-0.4, -0.2) is 48.2 Å². The number of carbonyl (C=O) groups excluding carboxylic acids is 1. The maximum absolute atomic E-state index is 12.1. The van der Waals surface area contributed by atoms with Crippen LogP contribution in [0.3, 0.4) is 0 Å². The molecule has 0 saturated carbocycles. The maximum atomic E-state index is 12.1. The number of nitrogens with two attached hydrogens (primary N) is 1. The van der Waals surface area contributed by atoms with Crippen LogP contribution >= 0.6 is 0 Å². The molecule has 2 rings (SSSR count). The minimum atomic E-state index is -0.373. The van der Waals surface area contributed by atoms with Gasteiger partial charge in [-0.3, -0.25) is 4.79 Å². The molecule has 3 N–H and O–H groups in total. The molecule has 2 heterocycles. The number of rotatable bonds is 3. The highest BCUT2D eigenvalue weighted by Crippen LogP contribution is 2.21. The van der Waals surface area contributed by atoms with Crippen molar-refractivity contribution >= 4 is 17.7 Å². The van der Waals surface area contributed by atoms with Gasteiger partial charge in [0.05, 0.1) is 13.2 Å². The molecule has 0 radical (unpaired) electrons. The smallest absolute Gasteiger partial charge is 0.245 e. The molecule has 1 aromatic heterocycles. The van der Waals surface area contributed by atoms with E-state index in [-0.39, 0.29) is 17.9 Å². The van der Waals surface area contributed by atoms with Crippen molar-refractivity contribution in [2.45, 2.75) is 19.9 Å². The van der Waals surface area contributed by atoms with Crippen molar-refractivity contribution in [2.24, 2.45) is 0 Å². The molecule has 1 aliphatic heterocycles. The van der Waals surface area contributed by atoms with Crippen LogP contribution in [0.15, 0.2) is 6.20 Å². The number of likely N-dealkylation sites (N-methyl/N-ethyl adjacent to an activating group) is 1. The van der Waals surface area contributed by atoms with E-state index in [1.165, 1.54) is 0 Å². The summed E-state index contributed by atoms with van der Waals surface area (Å²) in [7, 11) is 0. The molecular formula is C12H19N5O2. The van der Waals surface area contributed by atoms with Gasteiger partial charge < -0.3 is 20.7 Å². The number of nitrogen functional groups attached to an aromatic ring is 1. The van der Waals surface area contributed by atoms with E-state index in [1.807, 2.05) is 18.7 Å². The lowest BCUT2D eigenvalue weighted by Crippen LogP contribution is -2.54. The van der Waals surface area contributed by atoms with E-state index in [0.717, 1.165) is 5.56 Å². The molecule has 1 aromatic rings. The van der Waals surface area contributed by atoms with E-state index in [9.17, 15) is 4.79 Å². The maximum Gasteiger partial charge on any atom is 0.245 e. The molecule has 1 aliphatic rings. The fraction of sp³-hybridized carbons (Fsp3) is 0.583. The molecule has 1 atom stereocenters. The Morgan fingerprint density at radius 3 is 3.21 bits per heavy atom. The highest BCUT2D eigenvalue weighted by atomic mass is 16.5. The first-order valence-corrected chi connectivity index (χ1v) is 6.34.